The Balaban J connectivity index is 1.86. The minimum Gasteiger partial charge on any atom is -0.370 e. The third-order valence-corrected chi connectivity index (χ3v) is 4.88. The number of halogens is 2. The molecule has 168 valence electrons. The van der Waals surface area contributed by atoms with Crippen molar-refractivity contribution < 1.29 is 23.2 Å². The lowest BCUT2D eigenvalue weighted by Crippen LogP contribution is -2.34. The Bertz CT molecular complexity index is 951. The lowest BCUT2D eigenvalue weighted by Gasteiger charge is -2.12. The van der Waals surface area contributed by atoms with E-state index < -0.39 is 29.4 Å². The average molecular weight is 455 g/mol. The van der Waals surface area contributed by atoms with Gasteiger partial charge in [-0.05, 0) is 18.1 Å². The van der Waals surface area contributed by atoms with Crippen LogP contribution in [-0.2, 0) is 27.3 Å². The van der Waals surface area contributed by atoms with Gasteiger partial charge in [-0.15, -0.1) is 10.2 Å². The van der Waals surface area contributed by atoms with Crippen molar-refractivity contribution in [2.75, 3.05) is 17.6 Å². The van der Waals surface area contributed by atoms with Gasteiger partial charge in [-0.3, -0.25) is 14.4 Å². The lowest BCUT2D eigenvalue weighted by atomic mass is 10.2. The number of hydrogen-bond donors (Lipinski definition) is 3. The second-order valence-corrected chi connectivity index (χ2v) is 8.05. The number of benzene rings is 1. The molecule has 1 aromatic carbocycles. The first-order valence-corrected chi connectivity index (χ1v) is 10.5. The summed E-state index contributed by atoms with van der Waals surface area (Å²) in [6.07, 6.45) is 0.500. The third kappa shape index (κ3) is 7.96. The number of nitrogens with one attached hydrogen (secondary N) is 2. The van der Waals surface area contributed by atoms with E-state index in [4.69, 9.17) is 5.73 Å². The number of amides is 3. The topological polar surface area (TPSA) is 132 Å². The van der Waals surface area contributed by atoms with Crippen molar-refractivity contribution in [1.82, 2.24) is 20.1 Å². The molecule has 31 heavy (non-hydrogen) atoms. The second-order valence-electron chi connectivity index (χ2n) is 7.11. The molecule has 9 nitrogen and oxygen atoms in total. The fourth-order valence-corrected chi connectivity index (χ4v) is 3.33. The van der Waals surface area contributed by atoms with Crippen LogP contribution in [0, 0.1) is 17.6 Å². The maximum atomic E-state index is 13.2. The van der Waals surface area contributed by atoms with Gasteiger partial charge in [-0.25, -0.2) is 8.78 Å². The zero-order valence-corrected chi connectivity index (χ0v) is 18.0. The summed E-state index contributed by atoms with van der Waals surface area (Å²) in [5.74, 6) is -2.65. The maximum Gasteiger partial charge on any atom is 0.243 e. The molecule has 4 N–H and O–H groups in total. The summed E-state index contributed by atoms with van der Waals surface area (Å²) in [5, 5.41) is 13.5. The largest absolute Gasteiger partial charge is 0.370 e. The summed E-state index contributed by atoms with van der Waals surface area (Å²) in [6.45, 7) is 4.32. The minimum atomic E-state index is -1.08. The van der Waals surface area contributed by atoms with Crippen molar-refractivity contribution in [2.45, 2.75) is 38.4 Å². The van der Waals surface area contributed by atoms with E-state index in [0.29, 0.717) is 23.9 Å². The number of nitrogens with two attached hydrogens (primary N) is 1. The van der Waals surface area contributed by atoms with Crippen molar-refractivity contribution in [3.05, 3.63) is 35.7 Å². The molecule has 0 atom stereocenters. The van der Waals surface area contributed by atoms with Crippen LogP contribution in [0.5, 0.6) is 0 Å². The van der Waals surface area contributed by atoms with E-state index in [1.807, 2.05) is 18.4 Å². The van der Waals surface area contributed by atoms with Crippen LogP contribution in [0.2, 0.25) is 0 Å². The van der Waals surface area contributed by atoms with Crippen LogP contribution in [0.1, 0.15) is 26.1 Å². The molecule has 0 saturated heterocycles. The predicted molar refractivity (Wildman–Crippen MR) is 111 cm³/mol. The smallest absolute Gasteiger partial charge is 0.243 e. The number of carbonyl (C=O) groups excluding carboxylic acids is 3. The fourth-order valence-electron chi connectivity index (χ4n) is 2.53. The molecular weight excluding hydrogens is 430 g/mol. The third-order valence-electron chi connectivity index (χ3n) is 3.92. The van der Waals surface area contributed by atoms with Gasteiger partial charge in [0, 0.05) is 31.1 Å². The van der Waals surface area contributed by atoms with Gasteiger partial charge < -0.3 is 20.9 Å². The number of primary amides is 1. The Kier molecular flexibility index (Phi) is 8.91. The first-order chi connectivity index (χ1) is 14.7. The van der Waals surface area contributed by atoms with Gasteiger partial charge in [-0.1, -0.05) is 25.6 Å². The maximum absolute atomic E-state index is 13.2. The zero-order chi connectivity index (χ0) is 23.0. The van der Waals surface area contributed by atoms with E-state index >= 15 is 0 Å². The number of hydrogen-bond acceptors (Lipinski definition) is 6. The van der Waals surface area contributed by atoms with Crippen molar-refractivity contribution in [1.29, 1.82) is 0 Å². The molecule has 0 aliphatic carbocycles. The van der Waals surface area contributed by atoms with E-state index in [0.717, 1.165) is 23.9 Å². The van der Waals surface area contributed by atoms with Crippen LogP contribution in [-0.4, -0.2) is 44.8 Å². The van der Waals surface area contributed by atoms with E-state index in [-0.39, 0.29) is 30.3 Å². The number of nitrogens with zero attached hydrogens (tertiary/aromatic N) is 3. The van der Waals surface area contributed by atoms with Crippen molar-refractivity contribution in [2.24, 2.45) is 11.7 Å². The summed E-state index contributed by atoms with van der Waals surface area (Å²) < 4.78 is 27.9. The standard InChI is InChI=1S/C19H24F2N6O3S/c1-11(2)9-27-16(6-5-15(22)28)25-26-19(27)31-10-18(30)23-8-17(29)24-12-3-4-13(20)14(21)7-12/h3-4,7,11H,5-6,8-10H2,1-2H3,(H2,22,28)(H,23,30)(H,24,29). The summed E-state index contributed by atoms with van der Waals surface area (Å²) in [4.78, 5) is 35.0. The number of aromatic nitrogens is 3. The molecule has 0 bridgehead atoms. The molecular formula is C19H24F2N6O3S. The molecule has 1 heterocycles. The molecule has 0 radical (unpaired) electrons. The zero-order valence-electron chi connectivity index (χ0n) is 17.2. The molecule has 0 aliphatic heterocycles. The first-order valence-electron chi connectivity index (χ1n) is 9.50. The molecule has 0 unspecified atom stereocenters. The molecule has 0 spiro atoms. The lowest BCUT2D eigenvalue weighted by molar-refractivity contribution is -0.122. The highest BCUT2D eigenvalue weighted by molar-refractivity contribution is 7.99. The molecule has 1 aromatic heterocycles. The molecule has 3 amide bonds. The van der Waals surface area contributed by atoms with E-state index in [1.165, 1.54) is 6.07 Å². The van der Waals surface area contributed by atoms with Gasteiger partial charge in [0.2, 0.25) is 17.7 Å². The van der Waals surface area contributed by atoms with Gasteiger partial charge in [0.1, 0.15) is 5.82 Å². The van der Waals surface area contributed by atoms with E-state index in [1.54, 1.807) is 0 Å². The minimum absolute atomic E-state index is 0.00942. The Hall–Kier alpha value is -3.02. The van der Waals surface area contributed by atoms with Gasteiger partial charge in [0.25, 0.3) is 0 Å². The van der Waals surface area contributed by atoms with E-state index in [9.17, 15) is 23.2 Å². The Morgan fingerprint density at radius 2 is 1.90 bits per heavy atom. The Labute approximate surface area is 182 Å². The second kappa shape index (κ2) is 11.4. The van der Waals surface area contributed by atoms with Gasteiger partial charge in [-0.2, -0.15) is 0 Å². The van der Waals surface area contributed by atoms with Crippen LogP contribution >= 0.6 is 11.8 Å². The average Bonchev–Trinajstić information content (AvgIpc) is 3.07. The van der Waals surface area contributed by atoms with Crippen LogP contribution < -0.4 is 16.4 Å². The normalized spacial score (nSPS) is 10.9. The van der Waals surface area contributed by atoms with Gasteiger partial charge in [0.05, 0.1) is 12.3 Å². The van der Waals surface area contributed by atoms with Gasteiger partial charge >= 0.3 is 0 Å². The van der Waals surface area contributed by atoms with E-state index in [2.05, 4.69) is 20.8 Å². The van der Waals surface area contributed by atoms with Crippen molar-refractivity contribution >= 4 is 35.2 Å². The Morgan fingerprint density at radius 3 is 2.55 bits per heavy atom. The first kappa shape index (κ1) is 24.3. The monoisotopic (exact) mass is 454 g/mol. The van der Waals surface area contributed by atoms with Crippen LogP contribution in [0.15, 0.2) is 23.4 Å². The van der Waals surface area contributed by atoms with Crippen molar-refractivity contribution in [3.8, 4) is 0 Å². The summed E-state index contributed by atoms with van der Waals surface area (Å²) in [6, 6.07) is 2.96. The van der Waals surface area contributed by atoms with Crippen LogP contribution in [0.4, 0.5) is 14.5 Å². The number of aryl methyl sites for hydroxylation is 1. The highest BCUT2D eigenvalue weighted by Crippen LogP contribution is 2.19. The molecule has 2 aromatic rings. The van der Waals surface area contributed by atoms with Crippen molar-refractivity contribution in [3.63, 3.8) is 0 Å². The SMILES string of the molecule is CC(C)Cn1c(CCC(N)=O)nnc1SCC(=O)NCC(=O)Nc1ccc(F)c(F)c1. The number of rotatable bonds is 11. The molecule has 0 aliphatic rings. The highest BCUT2D eigenvalue weighted by Gasteiger charge is 2.16. The number of anilines is 1. The summed E-state index contributed by atoms with van der Waals surface area (Å²) >= 11 is 1.15. The van der Waals surface area contributed by atoms with Crippen LogP contribution in [0.3, 0.4) is 0 Å². The molecule has 0 saturated carbocycles. The number of carbonyl (C=O) groups is 3. The summed E-state index contributed by atoms with van der Waals surface area (Å²) in [5.41, 5.74) is 5.28. The Morgan fingerprint density at radius 1 is 1.16 bits per heavy atom. The number of thioether (sulfide) groups is 1. The molecule has 12 heteroatoms. The fraction of sp³-hybridized carbons (Fsp3) is 0.421. The van der Waals surface area contributed by atoms with Crippen LogP contribution in [0.25, 0.3) is 0 Å². The predicted octanol–water partition coefficient (Wildman–Crippen LogP) is 1.48. The summed E-state index contributed by atoms with van der Waals surface area (Å²) in [7, 11) is 0. The highest BCUT2D eigenvalue weighted by atomic mass is 32.2. The molecule has 2 rings (SSSR count). The molecule has 0 fully saturated rings. The quantitative estimate of drug-likeness (QED) is 0.441. The van der Waals surface area contributed by atoms with Gasteiger partial charge in [0.15, 0.2) is 16.8 Å².